The summed E-state index contributed by atoms with van der Waals surface area (Å²) in [7, 11) is 0. The molecule has 0 unspecified atom stereocenters. The van der Waals surface area contributed by atoms with Crippen molar-refractivity contribution in [2.24, 2.45) is 4.99 Å². The van der Waals surface area contributed by atoms with Crippen LogP contribution in [0.1, 0.15) is 18.1 Å². The number of hydrogen-bond donors (Lipinski definition) is 0. The fourth-order valence-corrected chi connectivity index (χ4v) is 2.42. The Morgan fingerprint density at radius 3 is 2.65 bits per heavy atom. The van der Waals surface area contributed by atoms with Gasteiger partial charge in [0.1, 0.15) is 5.75 Å². The summed E-state index contributed by atoms with van der Waals surface area (Å²) in [5.41, 5.74) is 1.81. The number of cyclic esters (lactones) is 1. The van der Waals surface area contributed by atoms with Crippen LogP contribution in [0.2, 0.25) is 0 Å². The number of esters is 1. The van der Waals surface area contributed by atoms with Crippen molar-refractivity contribution < 1.29 is 14.3 Å². The Hall–Kier alpha value is -2.40. The number of para-hydroxylation sites is 1. The average molecular weight is 372 g/mol. The van der Waals surface area contributed by atoms with Crippen molar-refractivity contribution in [1.29, 1.82) is 0 Å². The van der Waals surface area contributed by atoms with E-state index in [1.807, 2.05) is 55.5 Å². The minimum Gasteiger partial charge on any atom is -0.493 e. The van der Waals surface area contributed by atoms with E-state index in [1.165, 1.54) is 0 Å². The number of ether oxygens (including phenoxy) is 2. The number of halogens is 1. The molecule has 0 aliphatic carbocycles. The zero-order valence-corrected chi connectivity index (χ0v) is 14.0. The highest BCUT2D eigenvalue weighted by Crippen LogP contribution is 2.25. The van der Waals surface area contributed by atoms with Gasteiger partial charge in [-0.1, -0.05) is 34.1 Å². The minimum absolute atomic E-state index is 0.259. The monoisotopic (exact) mass is 371 g/mol. The lowest BCUT2D eigenvalue weighted by Gasteiger charge is -2.06. The second kappa shape index (κ2) is 6.79. The van der Waals surface area contributed by atoms with E-state index in [0.29, 0.717) is 18.3 Å². The van der Waals surface area contributed by atoms with Gasteiger partial charge in [-0.15, -0.1) is 0 Å². The van der Waals surface area contributed by atoms with E-state index in [1.54, 1.807) is 6.08 Å². The van der Waals surface area contributed by atoms with Crippen LogP contribution in [-0.4, -0.2) is 18.5 Å². The lowest BCUT2D eigenvalue weighted by atomic mass is 10.1. The van der Waals surface area contributed by atoms with Crippen LogP contribution in [0.4, 0.5) is 0 Å². The number of benzene rings is 2. The van der Waals surface area contributed by atoms with E-state index in [9.17, 15) is 4.79 Å². The highest BCUT2D eigenvalue weighted by atomic mass is 79.9. The number of carbonyl (C=O) groups excluding carboxylic acids is 1. The SMILES string of the molecule is CCOc1ccccc1C=C1N=C(c2ccc(Br)cc2)OC1=O. The molecule has 1 aliphatic rings. The van der Waals surface area contributed by atoms with Crippen molar-refractivity contribution in [2.45, 2.75) is 6.92 Å². The molecular weight excluding hydrogens is 358 g/mol. The van der Waals surface area contributed by atoms with E-state index in [4.69, 9.17) is 9.47 Å². The smallest absolute Gasteiger partial charge is 0.363 e. The van der Waals surface area contributed by atoms with Gasteiger partial charge in [-0.25, -0.2) is 9.79 Å². The Bertz CT molecular complexity index is 794. The first kappa shape index (κ1) is 15.5. The summed E-state index contributed by atoms with van der Waals surface area (Å²) < 4.78 is 11.8. The molecule has 0 bridgehead atoms. The number of nitrogens with zero attached hydrogens (tertiary/aromatic N) is 1. The molecule has 0 spiro atoms. The molecule has 2 aromatic rings. The Balaban J connectivity index is 1.94. The maximum absolute atomic E-state index is 12.0. The molecule has 1 heterocycles. The fraction of sp³-hybridized carbons (Fsp3) is 0.111. The third-order valence-electron chi connectivity index (χ3n) is 3.22. The van der Waals surface area contributed by atoms with Crippen LogP contribution in [0.3, 0.4) is 0 Å². The van der Waals surface area contributed by atoms with Crippen molar-refractivity contribution in [3.05, 3.63) is 69.8 Å². The predicted molar refractivity (Wildman–Crippen MR) is 92.4 cm³/mol. The van der Waals surface area contributed by atoms with Gasteiger partial charge in [0.05, 0.1) is 6.61 Å². The summed E-state index contributed by atoms with van der Waals surface area (Å²) in [5, 5.41) is 0. The van der Waals surface area contributed by atoms with Gasteiger partial charge in [0, 0.05) is 15.6 Å². The van der Waals surface area contributed by atoms with Crippen molar-refractivity contribution >= 4 is 33.9 Å². The van der Waals surface area contributed by atoms with Crippen LogP contribution in [0.5, 0.6) is 5.75 Å². The highest BCUT2D eigenvalue weighted by Gasteiger charge is 2.24. The second-order valence-corrected chi connectivity index (χ2v) is 5.73. The molecule has 0 radical (unpaired) electrons. The Morgan fingerprint density at radius 2 is 1.91 bits per heavy atom. The largest absolute Gasteiger partial charge is 0.493 e. The van der Waals surface area contributed by atoms with Crippen LogP contribution >= 0.6 is 15.9 Å². The van der Waals surface area contributed by atoms with Gasteiger partial charge < -0.3 is 9.47 Å². The maximum atomic E-state index is 12.0. The van der Waals surface area contributed by atoms with Crippen molar-refractivity contribution in [3.63, 3.8) is 0 Å². The molecule has 0 atom stereocenters. The maximum Gasteiger partial charge on any atom is 0.363 e. The summed E-state index contributed by atoms with van der Waals surface area (Å²) >= 11 is 3.37. The Morgan fingerprint density at radius 1 is 1.17 bits per heavy atom. The molecule has 0 saturated heterocycles. The number of aliphatic imine (C=N–C) groups is 1. The third-order valence-corrected chi connectivity index (χ3v) is 3.75. The topological polar surface area (TPSA) is 47.9 Å². The van der Waals surface area contributed by atoms with Crippen LogP contribution < -0.4 is 4.74 Å². The Labute approximate surface area is 142 Å². The first-order valence-electron chi connectivity index (χ1n) is 7.17. The molecule has 23 heavy (non-hydrogen) atoms. The summed E-state index contributed by atoms with van der Waals surface area (Å²) in [6.45, 7) is 2.47. The molecule has 0 N–H and O–H groups in total. The summed E-state index contributed by atoms with van der Waals surface area (Å²) in [6, 6.07) is 14.9. The van der Waals surface area contributed by atoms with E-state index in [0.717, 1.165) is 15.6 Å². The van der Waals surface area contributed by atoms with Crippen molar-refractivity contribution in [1.82, 2.24) is 0 Å². The molecule has 4 nitrogen and oxygen atoms in total. The normalized spacial score (nSPS) is 15.5. The standard InChI is InChI=1S/C18H14BrNO3/c1-2-22-16-6-4-3-5-13(16)11-15-18(21)23-17(20-15)12-7-9-14(19)10-8-12/h3-11H,2H2,1H3. The second-order valence-electron chi connectivity index (χ2n) is 4.81. The number of rotatable bonds is 4. The van der Waals surface area contributed by atoms with Gasteiger partial charge in [-0.3, -0.25) is 0 Å². The van der Waals surface area contributed by atoms with Gasteiger partial charge in [0.2, 0.25) is 5.90 Å². The van der Waals surface area contributed by atoms with Gasteiger partial charge in [-0.2, -0.15) is 0 Å². The zero-order valence-electron chi connectivity index (χ0n) is 12.5. The van der Waals surface area contributed by atoms with Crippen molar-refractivity contribution in [2.75, 3.05) is 6.61 Å². The molecule has 116 valence electrons. The summed E-state index contributed by atoms with van der Waals surface area (Å²) in [4.78, 5) is 16.3. The van der Waals surface area contributed by atoms with Gasteiger partial charge in [-0.05, 0) is 43.3 Å². The summed E-state index contributed by atoms with van der Waals surface area (Å²) in [5.74, 6) is 0.555. The van der Waals surface area contributed by atoms with Crippen LogP contribution in [0, 0.1) is 0 Å². The zero-order chi connectivity index (χ0) is 16.2. The molecule has 2 aromatic carbocycles. The van der Waals surface area contributed by atoms with E-state index in [-0.39, 0.29) is 5.70 Å². The van der Waals surface area contributed by atoms with Crippen LogP contribution in [-0.2, 0) is 9.53 Å². The van der Waals surface area contributed by atoms with Crippen molar-refractivity contribution in [3.8, 4) is 5.75 Å². The third kappa shape index (κ3) is 3.51. The predicted octanol–water partition coefficient (Wildman–Crippen LogP) is 4.19. The molecular formula is C18H14BrNO3. The Kier molecular flexibility index (Phi) is 4.57. The van der Waals surface area contributed by atoms with Crippen LogP contribution in [0.25, 0.3) is 6.08 Å². The number of carbonyl (C=O) groups is 1. The molecule has 0 saturated carbocycles. The van der Waals surface area contributed by atoms with Gasteiger partial charge in [0.25, 0.3) is 0 Å². The van der Waals surface area contributed by atoms with Gasteiger partial charge >= 0.3 is 5.97 Å². The lowest BCUT2D eigenvalue weighted by Crippen LogP contribution is -2.05. The number of hydrogen-bond acceptors (Lipinski definition) is 4. The molecule has 0 aromatic heterocycles. The average Bonchev–Trinajstić information content (AvgIpc) is 2.91. The first-order valence-corrected chi connectivity index (χ1v) is 7.97. The van der Waals surface area contributed by atoms with E-state index in [2.05, 4.69) is 20.9 Å². The molecule has 1 aliphatic heterocycles. The fourth-order valence-electron chi connectivity index (χ4n) is 2.16. The van der Waals surface area contributed by atoms with Gasteiger partial charge in [0.15, 0.2) is 5.70 Å². The van der Waals surface area contributed by atoms with Crippen LogP contribution in [0.15, 0.2) is 63.7 Å². The molecule has 0 fully saturated rings. The quantitative estimate of drug-likeness (QED) is 0.597. The van der Waals surface area contributed by atoms with E-state index >= 15 is 0 Å². The minimum atomic E-state index is -0.464. The molecule has 0 amide bonds. The highest BCUT2D eigenvalue weighted by molar-refractivity contribution is 9.10. The molecule has 3 rings (SSSR count). The van der Waals surface area contributed by atoms with E-state index < -0.39 is 5.97 Å². The first-order chi connectivity index (χ1) is 11.2. The molecule has 5 heteroatoms. The lowest BCUT2D eigenvalue weighted by molar-refractivity contribution is -0.129. The summed E-state index contributed by atoms with van der Waals surface area (Å²) in [6.07, 6.45) is 1.68.